The quantitative estimate of drug-likeness (QED) is 0.580. The molecule has 2 amide bonds. The fraction of sp³-hybridized carbons (Fsp3) is 0.640. The predicted molar refractivity (Wildman–Crippen MR) is 137 cm³/mol. The smallest absolute Gasteiger partial charge is 0.410 e. The van der Waals surface area contributed by atoms with Gasteiger partial charge in [0.1, 0.15) is 11.9 Å². The van der Waals surface area contributed by atoms with Crippen LogP contribution in [-0.4, -0.2) is 105 Å². The molecule has 4 heterocycles. The molecule has 1 N–H and O–H groups in total. The molecule has 0 radical (unpaired) electrons. The number of carbonyl (C=O) groups is 2. The van der Waals surface area contributed by atoms with E-state index in [1.807, 2.05) is 38.2 Å². The Bertz CT molecular complexity index is 1100. The molecule has 2 aromatic heterocycles. The Labute approximate surface area is 212 Å². The average molecular weight is 499 g/mol. The number of nitrogens with zero attached hydrogens (tertiary/aromatic N) is 7. The van der Waals surface area contributed by atoms with Gasteiger partial charge in [0.25, 0.3) is 0 Å². The van der Waals surface area contributed by atoms with E-state index in [9.17, 15) is 9.59 Å². The highest BCUT2D eigenvalue weighted by Gasteiger charge is 2.31. The van der Waals surface area contributed by atoms with Crippen molar-refractivity contribution in [1.82, 2.24) is 34.3 Å². The molecule has 36 heavy (non-hydrogen) atoms. The number of anilines is 1. The van der Waals surface area contributed by atoms with Crippen molar-refractivity contribution >= 4 is 23.6 Å². The SMILES string of the molecule is Cc1nc(NC2CCN(C(=O)OC3CCN(C(=O)/C=C/CN(C)C)C3)CC2)n2ncc(C(C)C)c2n1. The van der Waals surface area contributed by atoms with Crippen molar-refractivity contribution in [3.8, 4) is 0 Å². The van der Waals surface area contributed by atoms with Gasteiger partial charge < -0.3 is 24.8 Å². The van der Waals surface area contributed by atoms with Crippen LogP contribution in [0.3, 0.4) is 0 Å². The Hall–Kier alpha value is -3.21. The van der Waals surface area contributed by atoms with Crippen molar-refractivity contribution in [2.45, 2.75) is 58.1 Å². The topological polar surface area (TPSA) is 108 Å². The summed E-state index contributed by atoms with van der Waals surface area (Å²) in [6.07, 6.45) is 6.98. The highest BCUT2D eigenvalue weighted by molar-refractivity contribution is 5.87. The number of hydrogen-bond acceptors (Lipinski definition) is 8. The number of ether oxygens (including phenoxy) is 1. The van der Waals surface area contributed by atoms with Gasteiger partial charge >= 0.3 is 6.09 Å². The zero-order chi connectivity index (χ0) is 25.8. The maximum atomic E-state index is 12.8. The molecule has 11 nitrogen and oxygen atoms in total. The molecular formula is C25H38N8O3. The number of likely N-dealkylation sites (N-methyl/N-ethyl adjacent to an activating group) is 1. The lowest BCUT2D eigenvalue weighted by atomic mass is 10.1. The van der Waals surface area contributed by atoms with Crippen LogP contribution in [0.1, 0.15) is 50.4 Å². The summed E-state index contributed by atoms with van der Waals surface area (Å²) in [5, 5.41) is 8.01. The van der Waals surface area contributed by atoms with Gasteiger partial charge in [-0.3, -0.25) is 4.79 Å². The zero-order valence-electron chi connectivity index (χ0n) is 22.0. The molecular weight excluding hydrogens is 460 g/mol. The van der Waals surface area contributed by atoms with Crippen LogP contribution in [0.25, 0.3) is 5.65 Å². The second kappa shape index (κ2) is 11.2. The molecule has 0 aliphatic carbocycles. The average Bonchev–Trinajstić information content (AvgIpc) is 3.46. The van der Waals surface area contributed by atoms with Crippen LogP contribution >= 0.6 is 0 Å². The Morgan fingerprint density at radius 2 is 1.89 bits per heavy atom. The number of nitrogens with one attached hydrogen (secondary N) is 1. The third kappa shape index (κ3) is 6.13. The first kappa shape index (κ1) is 25.9. The van der Waals surface area contributed by atoms with Crippen LogP contribution in [0.2, 0.25) is 0 Å². The molecule has 0 spiro atoms. The van der Waals surface area contributed by atoms with Crippen LogP contribution in [0.5, 0.6) is 0 Å². The maximum absolute atomic E-state index is 12.8. The van der Waals surface area contributed by atoms with Crippen LogP contribution in [0, 0.1) is 6.92 Å². The first-order valence-corrected chi connectivity index (χ1v) is 12.8. The third-order valence-corrected chi connectivity index (χ3v) is 6.67. The van der Waals surface area contributed by atoms with Gasteiger partial charge in [-0.15, -0.1) is 0 Å². The van der Waals surface area contributed by atoms with Crippen LogP contribution in [0.15, 0.2) is 18.3 Å². The Morgan fingerprint density at radius 3 is 2.58 bits per heavy atom. The maximum Gasteiger partial charge on any atom is 0.410 e. The fourth-order valence-corrected chi connectivity index (χ4v) is 4.60. The van der Waals surface area contributed by atoms with Crippen LogP contribution in [-0.2, 0) is 9.53 Å². The number of aromatic nitrogens is 4. The molecule has 4 rings (SSSR count). The molecule has 2 aromatic rings. The molecule has 1 unspecified atom stereocenters. The second-order valence-corrected chi connectivity index (χ2v) is 10.2. The summed E-state index contributed by atoms with van der Waals surface area (Å²) in [4.78, 5) is 39.7. The van der Waals surface area contributed by atoms with E-state index < -0.39 is 0 Å². The summed E-state index contributed by atoms with van der Waals surface area (Å²) in [6.45, 7) is 9.10. The normalized spacial score (nSPS) is 19.2. The molecule has 196 valence electrons. The Kier molecular flexibility index (Phi) is 8.07. The summed E-state index contributed by atoms with van der Waals surface area (Å²) >= 11 is 0. The minimum atomic E-state index is -0.301. The summed E-state index contributed by atoms with van der Waals surface area (Å²) < 4.78 is 7.50. The zero-order valence-corrected chi connectivity index (χ0v) is 22.0. The first-order valence-electron chi connectivity index (χ1n) is 12.8. The minimum Gasteiger partial charge on any atom is -0.444 e. The molecule has 2 saturated heterocycles. The molecule has 11 heteroatoms. The molecule has 1 atom stereocenters. The fourth-order valence-electron chi connectivity index (χ4n) is 4.60. The van der Waals surface area contributed by atoms with Crippen molar-refractivity contribution in [3.63, 3.8) is 0 Å². The number of fused-ring (bicyclic) bond motifs is 1. The number of aryl methyl sites for hydroxylation is 1. The van der Waals surface area contributed by atoms with E-state index in [0.29, 0.717) is 56.8 Å². The number of rotatable bonds is 7. The number of carbonyl (C=O) groups excluding carboxylic acids is 2. The van der Waals surface area contributed by atoms with E-state index >= 15 is 0 Å². The largest absolute Gasteiger partial charge is 0.444 e. The van der Waals surface area contributed by atoms with Gasteiger partial charge in [0.05, 0.1) is 12.7 Å². The number of piperidine rings is 1. The van der Waals surface area contributed by atoms with Crippen LogP contribution < -0.4 is 5.32 Å². The highest BCUT2D eigenvalue weighted by Crippen LogP contribution is 2.23. The molecule has 2 aliphatic heterocycles. The number of hydrogen-bond donors (Lipinski definition) is 1. The lowest BCUT2D eigenvalue weighted by molar-refractivity contribution is -0.125. The van der Waals surface area contributed by atoms with Crippen molar-refractivity contribution in [2.75, 3.05) is 52.1 Å². The van der Waals surface area contributed by atoms with Crippen molar-refractivity contribution in [3.05, 3.63) is 29.7 Å². The summed E-state index contributed by atoms with van der Waals surface area (Å²) in [7, 11) is 3.91. The van der Waals surface area contributed by atoms with E-state index in [0.717, 1.165) is 24.1 Å². The van der Waals surface area contributed by atoms with Crippen molar-refractivity contribution in [2.24, 2.45) is 0 Å². The van der Waals surface area contributed by atoms with Gasteiger partial charge in [-0.05, 0) is 39.8 Å². The highest BCUT2D eigenvalue weighted by atomic mass is 16.6. The van der Waals surface area contributed by atoms with Gasteiger partial charge in [0.2, 0.25) is 11.9 Å². The summed E-state index contributed by atoms with van der Waals surface area (Å²) in [6, 6.07) is 0.173. The first-order chi connectivity index (χ1) is 17.2. The molecule has 0 aromatic carbocycles. The summed E-state index contributed by atoms with van der Waals surface area (Å²) in [5.41, 5.74) is 1.93. The van der Waals surface area contributed by atoms with Gasteiger partial charge in [0, 0.05) is 50.3 Å². The minimum absolute atomic E-state index is 0.0333. The number of amides is 2. The molecule has 2 fully saturated rings. The van der Waals surface area contributed by atoms with Gasteiger partial charge in [-0.25, -0.2) is 9.78 Å². The van der Waals surface area contributed by atoms with Crippen molar-refractivity contribution in [1.29, 1.82) is 0 Å². The van der Waals surface area contributed by atoms with E-state index in [2.05, 4.69) is 34.2 Å². The van der Waals surface area contributed by atoms with E-state index in [-0.39, 0.29) is 24.1 Å². The third-order valence-electron chi connectivity index (χ3n) is 6.67. The van der Waals surface area contributed by atoms with Gasteiger partial charge in [-0.1, -0.05) is 19.9 Å². The Morgan fingerprint density at radius 1 is 1.17 bits per heavy atom. The van der Waals surface area contributed by atoms with E-state index in [4.69, 9.17) is 4.74 Å². The lowest BCUT2D eigenvalue weighted by Gasteiger charge is -2.32. The van der Waals surface area contributed by atoms with E-state index in [1.165, 1.54) is 0 Å². The van der Waals surface area contributed by atoms with Gasteiger partial charge in [-0.2, -0.15) is 14.6 Å². The van der Waals surface area contributed by atoms with Gasteiger partial charge in [0.15, 0.2) is 5.65 Å². The summed E-state index contributed by atoms with van der Waals surface area (Å²) in [5.74, 6) is 1.67. The monoisotopic (exact) mass is 498 g/mol. The van der Waals surface area contributed by atoms with E-state index in [1.54, 1.807) is 20.4 Å². The standard InChI is InChI=1S/C25H38N8O3/c1-17(2)21-15-26-33-23(21)27-18(3)28-24(33)29-19-8-12-31(13-9-19)25(35)36-20-10-14-32(16-20)22(34)7-6-11-30(4)5/h6-7,15,17,19-20H,8-14,16H2,1-5H3,(H,27,28,29)/b7-6+. The van der Waals surface area contributed by atoms with Crippen LogP contribution in [0.4, 0.5) is 10.7 Å². The lowest BCUT2D eigenvalue weighted by Crippen LogP contribution is -2.44. The second-order valence-electron chi connectivity index (χ2n) is 10.2. The van der Waals surface area contributed by atoms with Crippen molar-refractivity contribution < 1.29 is 14.3 Å². The molecule has 2 aliphatic rings. The molecule has 0 bridgehead atoms. The predicted octanol–water partition coefficient (Wildman–Crippen LogP) is 2.29. The Balaban J connectivity index is 1.26. The molecule has 0 saturated carbocycles. The number of likely N-dealkylation sites (tertiary alicyclic amines) is 2.